The smallest absolute Gasteiger partial charge is 0.550 e. The molecule has 0 spiro atoms. The van der Waals surface area contributed by atoms with Crippen LogP contribution in [0.5, 0.6) is 0 Å². The summed E-state index contributed by atoms with van der Waals surface area (Å²) in [6.45, 7) is 6.37. The maximum Gasteiger partial charge on any atom is 1.00 e. The number of unbranched alkanes of at least 4 members (excludes halogenated alkanes) is 9. The number of carbonyl (C=O) groups is 2. The molecule has 0 bridgehead atoms. The van der Waals surface area contributed by atoms with Crippen LogP contribution in [0.25, 0.3) is 0 Å². The molecule has 0 radical (unpaired) electrons. The Kier molecular flexibility index (Phi) is 30.1. The molecule has 0 aromatic carbocycles. The summed E-state index contributed by atoms with van der Waals surface area (Å²) in [4.78, 5) is 24.9. The van der Waals surface area contributed by atoms with E-state index >= 15 is 0 Å². The first-order chi connectivity index (χ1) is 11.1. The van der Waals surface area contributed by atoms with E-state index in [-0.39, 0.29) is 41.9 Å². The second-order valence-corrected chi connectivity index (χ2v) is 5.63. The molecule has 0 aliphatic heterocycles. The number of carbonyl (C=O) groups excluding carboxylic acids is 2. The first-order valence-corrected chi connectivity index (χ1v) is 9.20. The van der Waals surface area contributed by atoms with Crippen LogP contribution in [-0.4, -0.2) is 18.5 Å². The summed E-state index contributed by atoms with van der Waals surface area (Å²) >= 11 is 0. The van der Waals surface area contributed by atoms with E-state index in [1.54, 1.807) is 6.92 Å². The van der Waals surface area contributed by atoms with Crippen molar-refractivity contribution in [3.05, 3.63) is 0 Å². The van der Waals surface area contributed by atoms with E-state index < -0.39 is 5.97 Å². The minimum absolute atomic E-state index is 0. The van der Waals surface area contributed by atoms with Crippen molar-refractivity contribution in [2.24, 2.45) is 0 Å². The van der Waals surface area contributed by atoms with E-state index in [0.717, 1.165) is 13.0 Å². The van der Waals surface area contributed by atoms with Crippen LogP contribution in [0, 0.1) is 0 Å². The molecule has 0 rings (SSSR count). The summed E-state index contributed by atoms with van der Waals surface area (Å²) < 4.78 is 0. The summed E-state index contributed by atoms with van der Waals surface area (Å²) in [5.41, 5.74) is 2.71. The van der Waals surface area contributed by atoms with Crippen LogP contribution in [0.4, 0.5) is 0 Å². The van der Waals surface area contributed by atoms with Crippen LogP contribution in [0.1, 0.15) is 97.8 Å². The van der Waals surface area contributed by atoms with Crippen molar-refractivity contribution in [1.29, 1.82) is 0 Å². The Morgan fingerprint density at radius 1 is 0.792 bits per heavy atom. The number of hydrogen-bond acceptors (Lipinski definition) is 5. The van der Waals surface area contributed by atoms with Crippen LogP contribution >= 0.6 is 0 Å². The second-order valence-electron chi connectivity index (χ2n) is 5.63. The zero-order chi connectivity index (χ0) is 17.8. The zero-order valence-electron chi connectivity index (χ0n) is 16.3. The Balaban J connectivity index is -0.000000639. The minimum Gasteiger partial charge on any atom is -0.550 e. The van der Waals surface area contributed by atoms with Gasteiger partial charge in [-0.25, -0.2) is 0 Å². The van der Waals surface area contributed by atoms with E-state index in [9.17, 15) is 14.7 Å². The number of aliphatic carboxylic acids is 1. The molecular weight excluding hydrogens is 317 g/mol. The number of hydrogen-bond donors (Lipinski definition) is 1. The summed E-state index contributed by atoms with van der Waals surface area (Å²) in [7, 11) is 0. The minimum atomic E-state index is -0.995. The van der Waals surface area contributed by atoms with E-state index in [1.807, 2.05) is 0 Å². The van der Waals surface area contributed by atoms with E-state index in [2.05, 4.69) is 12.4 Å². The van der Waals surface area contributed by atoms with Crippen molar-refractivity contribution >= 4 is 11.9 Å². The van der Waals surface area contributed by atoms with Crippen LogP contribution in [0.2, 0.25) is 0 Å². The van der Waals surface area contributed by atoms with Gasteiger partial charge in [-0.2, -0.15) is 5.48 Å². The van der Waals surface area contributed by atoms with Gasteiger partial charge in [-0.15, -0.1) is 0 Å². The van der Waals surface area contributed by atoms with Gasteiger partial charge in [0.05, 0.1) is 0 Å². The maximum atomic E-state index is 10.8. The van der Waals surface area contributed by atoms with Gasteiger partial charge in [-0.3, -0.25) is 4.79 Å². The van der Waals surface area contributed by atoms with Gasteiger partial charge in [-0.05, 0) is 12.8 Å². The molecule has 0 saturated heterocycles. The fraction of sp³-hybridized carbons (Fsp3) is 0.889. The Bertz CT molecular complexity index is 276. The Morgan fingerprint density at radius 2 is 1.21 bits per heavy atom. The normalized spacial score (nSPS) is 9.46. The molecule has 0 aliphatic rings. The van der Waals surface area contributed by atoms with Gasteiger partial charge in [0.15, 0.2) is 0 Å². The number of carboxylic acid groups (broad SMARTS) is 1. The maximum absolute atomic E-state index is 10.8. The number of rotatable bonds is 14. The fourth-order valence-electron chi connectivity index (χ4n) is 1.89. The van der Waals surface area contributed by atoms with Crippen LogP contribution < -0.4 is 40.1 Å². The molecule has 6 heteroatoms. The predicted octanol–water partition coefficient (Wildman–Crippen LogP) is 0.515. The molecule has 0 unspecified atom stereocenters. The standard InChI is InChI=1S/C15H31NO2.C3H6O2.Na/c1-3-5-6-7-8-9-10-11-12-13-14-16-18-15(17)4-2;1-2-3(4)5;/h16H,3-14H2,1-2H3;2H2,1H3,(H,4,5);/q;;+1/p-1. The molecule has 1 N–H and O–H groups in total. The van der Waals surface area contributed by atoms with Gasteiger partial charge >= 0.3 is 35.5 Å². The third kappa shape index (κ3) is 29.9. The van der Waals surface area contributed by atoms with Crippen molar-refractivity contribution in [3.8, 4) is 0 Å². The Morgan fingerprint density at radius 3 is 1.58 bits per heavy atom. The summed E-state index contributed by atoms with van der Waals surface area (Å²) in [6, 6.07) is 0. The van der Waals surface area contributed by atoms with Gasteiger partial charge < -0.3 is 14.7 Å². The quantitative estimate of drug-likeness (QED) is 0.280. The molecule has 24 heavy (non-hydrogen) atoms. The van der Waals surface area contributed by atoms with Crippen LogP contribution in [0.15, 0.2) is 0 Å². The largest absolute Gasteiger partial charge is 1.00 e. The molecule has 0 aromatic rings. The van der Waals surface area contributed by atoms with Crippen molar-refractivity contribution in [3.63, 3.8) is 0 Å². The number of nitrogens with one attached hydrogen (secondary N) is 1. The van der Waals surface area contributed by atoms with Gasteiger partial charge in [0.2, 0.25) is 0 Å². The monoisotopic (exact) mass is 353 g/mol. The SMILES string of the molecule is CCC(=O)[O-].CCCCCCCCCCCCNOC(=O)CC.[Na+]. The molecule has 5 nitrogen and oxygen atoms in total. The predicted molar refractivity (Wildman–Crippen MR) is 91.5 cm³/mol. The van der Waals surface area contributed by atoms with Gasteiger partial charge in [-0.1, -0.05) is 78.6 Å². The number of hydroxylamine groups is 1. The number of carboxylic acids is 1. The molecular formula is C18H36NNaO4. The molecule has 0 fully saturated rings. The summed E-state index contributed by atoms with van der Waals surface area (Å²) in [5.74, 6) is -1.17. The molecule has 0 saturated carbocycles. The third-order valence-corrected chi connectivity index (χ3v) is 3.40. The molecule has 0 heterocycles. The van der Waals surface area contributed by atoms with E-state index in [4.69, 9.17) is 4.84 Å². The topological polar surface area (TPSA) is 78.5 Å². The van der Waals surface area contributed by atoms with Gasteiger partial charge in [0.25, 0.3) is 0 Å². The first kappa shape index (κ1) is 28.7. The Labute approximate surface area is 170 Å². The molecule has 0 amide bonds. The van der Waals surface area contributed by atoms with Crippen molar-refractivity contribution in [1.82, 2.24) is 5.48 Å². The van der Waals surface area contributed by atoms with Crippen LogP contribution in [0.3, 0.4) is 0 Å². The van der Waals surface area contributed by atoms with Crippen molar-refractivity contribution in [2.45, 2.75) is 97.8 Å². The average molecular weight is 353 g/mol. The molecule has 138 valence electrons. The van der Waals surface area contributed by atoms with Crippen LogP contribution in [-0.2, 0) is 14.4 Å². The van der Waals surface area contributed by atoms with Gasteiger partial charge in [0.1, 0.15) is 0 Å². The van der Waals surface area contributed by atoms with Crippen molar-refractivity contribution < 1.29 is 49.1 Å². The summed E-state index contributed by atoms with van der Waals surface area (Å²) in [6.07, 6.45) is 13.8. The van der Waals surface area contributed by atoms with E-state index in [1.165, 1.54) is 64.7 Å². The zero-order valence-corrected chi connectivity index (χ0v) is 18.3. The van der Waals surface area contributed by atoms with Gasteiger partial charge in [0, 0.05) is 18.9 Å². The average Bonchev–Trinajstić information content (AvgIpc) is 2.56. The third-order valence-electron chi connectivity index (χ3n) is 3.40. The fourth-order valence-corrected chi connectivity index (χ4v) is 1.89. The molecule has 0 atom stereocenters. The molecule has 0 aromatic heterocycles. The van der Waals surface area contributed by atoms with Crippen molar-refractivity contribution in [2.75, 3.05) is 6.54 Å². The summed E-state index contributed by atoms with van der Waals surface area (Å²) in [5, 5.41) is 9.26. The molecule has 0 aliphatic carbocycles. The second kappa shape index (κ2) is 25.1. The first-order valence-electron chi connectivity index (χ1n) is 9.20. The van der Waals surface area contributed by atoms with E-state index in [0.29, 0.717) is 6.42 Å². The Hall–Kier alpha value is -0.100.